The molecule has 0 saturated heterocycles. The van der Waals surface area contributed by atoms with Crippen molar-refractivity contribution in [3.63, 3.8) is 0 Å². The molecule has 0 fully saturated rings. The number of rotatable bonds is 6. The van der Waals surface area contributed by atoms with Crippen LogP contribution in [0.4, 0.5) is 13.2 Å². The molecule has 0 aliphatic rings. The first-order chi connectivity index (χ1) is 12.8. The maximum atomic E-state index is 12.4. The summed E-state index contributed by atoms with van der Waals surface area (Å²) in [6.07, 6.45) is -4.01. The van der Waals surface area contributed by atoms with Crippen molar-refractivity contribution in [2.24, 2.45) is 0 Å². The molecule has 1 atom stereocenters. The highest BCUT2D eigenvalue weighted by Gasteiger charge is 2.29. The van der Waals surface area contributed by atoms with Gasteiger partial charge in [0.25, 0.3) is 0 Å². The third-order valence-electron chi connectivity index (χ3n) is 4.06. The minimum atomic E-state index is -4.43. The molecule has 6 nitrogen and oxygen atoms in total. The zero-order valence-electron chi connectivity index (χ0n) is 14.7. The Morgan fingerprint density at radius 2 is 2.04 bits per heavy atom. The van der Waals surface area contributed by atoms with Gasteiger partial charge in [-0.1, -0.05) is 0 Å². The summed E-state index contributed by atoms with van der Waals surface area (Å²) in [6, 6.07) is 6.65. The summed E-state index contributed by atoms with van der Waals surface area (Å²) in [4.78, 5) is 11.5. The lowest BCUT2D eigenvalue weighted by molar-refractivity contribution is -0.153. The summed E-state index contributed by atoms with van der Waals surface area (Å²) >= 11 is 0. The highest BCUT2D eigenvalue weighted by Crippen LogP contribution is 2.27. The zero-order valence-corrected chi connectivity index (χ0v) is 14.7. The van der Waals surface area contributed by atoms with Crippen molar-refractivity contribution < 1.29 is 27.8 Å². The van der Waals surface area contributed by atoms with Crippen LogP contribution in [-0.2, 0) is 6.42 Å². The molecule has 144 valence electrons. The molecule has 0 amide bonds. The van der Waals surface area contributed by atoms with E-state index in [1.54, 1.807) is 32.2 Å². The van der Waals surface area contributed by atoms with Gasteiger partial charge >= 0.3 is 6.18 Å². The van der Waals surface area contributed by atoms with Gasteiger partial charge in [0, 0.05) is 29.9 Å². The minimum absolute atomic E-state index is 0.0754. The fourth-order valence-electron chi connectivity index (χ4n) is 2.65. The van der Waals surface area contributed by atoms with Crippen LogP contribution in [-0.4, -0.2) is 40.0 Å². The van der Waals surface area contributed by atoms with Gasteiger partial charge in [0.05, 0.1) is 18.1 Å². The van der Waals surface area contributed by atoms with E-state index in [0.29, 0.717) is 28.3 Å². The maximum Gasteiger partial charge on any atom is 0.422 e. The Balaban J connectivity index is 1.78. The molecule has 27 heavy (non-hydrogen) atoms. The number of alkyl halides is 3. The number of aromatic nitrogens is 3. The Labute approximate surface area is 153 Å². The molecule has 3 rings (SSSR count). The second-order valence-corrected chi connectivity index (χ2v) is 6.01. The Bertz CT molecular complexity index is 940. The number of ether oxygens (including phenoxy) is 2. The third-order valence-corrected chi connectivity index (χ3v) is 4.06. The summed E-state index contributed by atoms with van der Waals surface area (Å²) in [6.45, 7) is 0.218. The van der Waals surface area contributed by atoms with Gasteiger partial charge in [-0.2, -0.15) is 13.2 Å². The highest BCUT2D eigenvalue weighted by molar-refractivity contribution is 5.76. The fraction of sp³-hybridized carbons (Fsp3) is 0.333. The molecule has 1 unspecified atom stereocenters. The summed E-state index contributed by atoms with van der Waals surface area (Å²) in [5.41, 5.74) is 2.24. The van der Waals surface area contributed by atoms with E-state index in [0.717, 1.165) is 5.52 Å². The van der Waals surface area contributed by atoms with Gasteiger partial charge in [-0.15, -0.1) is 0 Å². The molecule has 2 aromatic heterocycles. The van der Waals surface area contributed by atoms with E-state index in [1.165, 1.54) is 12.3 Å². The fourth-order valence-corrected chi connectivity index (χ4v) is 2.65. The van der Waals surface area contributed by atoms with E-state index in [2.05, 4.69) is 15.0 Å². The third kappa shape index (κ3) is 4.48. The van der Waals surface area contributed by atoms with Crippen molar-refractivity contribution in [3.8, 4) is 11.5 Å². The lowest BCUT2D eigenvalue weighted by Crippen LogP contribution is -2.20. The SMILES string of the molecule is COc1ccc2[nH]c(C(O)Cc3nccc(OCC(F)(F)F)c3C)nc2c1. The average molecular weight is 381 g/mol. The summed E-state index contributed by atoms with van der Waals surface area (Å²) in [5, 5.41) is 10.5. The molecular formula is C18H18F3N3O3. The molecule has 0 spiro atoms. The maximum absolute atomic E-state index is 12.4. The minimum Gasteiger partial charge on any atom is -0.497 e. The second-order valence-electron chi connectivity index (χ2n) is 6.01. The number of benzene rings is 1. The average Bonchev–Trinajstić information content (AvgIpc) is 3.05. The van der Waals surface area contributed by atoms with Crippen LogP contribution >= 0.6 is 0 Å². The van der Waals surface area contributed by atoms with Gasteiger partial charge in [-0.25, -0.2) is 4.98 Å². The van der Waals surface area contributed by atoms with Crippen molar-refractivity contribution in [1.82, 2.24) is 15.0 Å². The first kappa shape index (κ1) is 19.0. The first-order valence-corrected chi connectivity index (χ1v) is 8.12. The summed E-state index contributed by atoms with van der Waals surface area (Å²) in [7, 11) is 1.55. The summed E-state index contributed by atoms with van der Waals surface area (Å²) in [5.74, 6) is 1.06. The van der Waals surface area contributed by atoms with Crippen molar-refractivity contribution in [2.45, 2.75) is 25.6 Å². The predicted molar refractivity (Wildman–Crippen MR) is 91.8 cm³/mol. The van der Waals surface area contributed by atoms with Gasteiger partial charge < -0.3 is 19.6 Å². The first-order valence-electron chi connectivity index (χ1n) is 8.12. The van der Waals surface area contributed by atoms with Crippen LogP contribution in [0.15, 0.2) is 30.5 Å². The number of halogens is 3. The van der Waals surface area contributed by atoms with Gasteiger partial charge in [0.15, 0.2) is 6.61 Å². The number of H-pyrrole nitrogens is 1. The Kier molecular flexibility index (Phi) is 5.22. The zero-order chi connectivity index (χ0) is 19.6. The Hall–Kier alpha value is -2.81. The molecule has 0 radical (unpaired) electrons. The number of hydrogen-bond acceptors (Lipinski definition) is 5. The van der Waals surface area contributed by atoms with Gasteiger partial charge in [0.2, 0.25) is 0 Å². The molecule has 0 aliphatic heterocycles. The number of aliphatic hydroxyl groups is 1. The number of nitrogens with zero attached hydrogens (tertiary/aromatic N) is 2. The number of methoxy groups -OCH3 is 1. The van der Waals surface area contributed by atoms with Crippen LogP contribution in [0.5, 0.6) is 11.5 Å². The molecule has 0 aliphatic carbocycles. The van der Waals surface area contributed by atoms with Crippen LogP contribution in [0.2, 0.25) is 0 Å². The number of aromatic amines is 1. The lowest BCUT2D eigenvalue weighted by Gasteiger charge is -2.14. The van der Waals surface area contributed by atoms with Crippen molar-refractivity contribution >= 4 is 11.0 Å². The van der Waals surface area contributed by atoms with E-state index < -0.39 is 18.9 Å². The van der Waals surface area contributed by atoms with E-state index in [9.17, 15) is 18.3 Å². The van der Waals surface area contributed by atoms with Crippen LogP contribution in [0.3, 0.4) is 0 Å². The molecule has 0 saturated carbocycles. The number of imidazole rings is 1. The summed E-state index contributed by atoms with van der Waals surface area (Å²) < 4.78 is 47.0. The second kappa shape index (κ2) is 7.43. The number of nitrogens with one attached hydrogen (secondary N) is 1. The van der Waals surface area contributed by atoms with Gasteiger partial charge in [0.1, 0.15) is 23.4 Å². The van der Waals surface area contributed by atoms with Crippen LogP contribution in [0, 0.1) is 6.92 Å². The van der Waals surface area contributed by atoms with Crippen LogP contribution < -0.4 is 9.47 Å². The van der Waals surface area contributed by atoms with Crippen molar-refractivity contribution in [3.05, 3.63) is 47.5 Å². The number of fused-ring (bicyclic) bond motifs is 1. The molecule has 2 heterocycles. The molecular weight excluding hydrogens is 363 g/mol. The molecule has 1 aromatic carbocycles. The molecule has 9 heteroatoms. The predicted octanol–water partition coefficient (Wildman–Crippen LogP) is 3.49. The number of aliphatic hydroxyl groups excluding tert-OH is 1. The van der Waals surface area contributed by atoms with Crippen molar-refractivity contribution in [2.75, 3.05) is 13.7 Å². The van der Waals surface area contributed by atoms with Crippen molar-refractivity contribution in [1.29, 1.82) is 0 Å². The van der Waals surface area contributed by atoms with Gasteiger partial charge in [-0.3, -0.25) is 4.98 Å². The van der Waals surface area contributed by atoms with E-state index in [4.69, 9.17) is 9.47 Å². The van der Waals surface area contributed by atoms with E-state index >= 15 is 0 Å². The quantitative estimate of drug-likeness (QED) is 0.683. The standard InChI is InChI=1S/C18H18F3N3O3/c1-10-13(22-6-5-16(10)27-9-18(19,20)21)8-15(25)17-23-12-4-3-11(26-2)7-14(12)24-17/h3-7,15,25H,8-9H2,1-2H3,(H,23,24). The largest absolute Gasteiger partial charge is 0.497 e. The molecule has 0 bridgehead atoms. The normalized spacial score (nSPS) is 13.0. The van der Waals surface area contributed by atoms with Crippen LogP contribution in [0.25, 0.3) is 11.0 Å². The van der Waals surface area contributed by atoms with E-state index in [1.807, 2.05) is 0 Å². The van der Waals surface area contributed by atoms with Crippen LogP contribution in [0.1, 0.15) is 23.2 Å². The number of pyridine rings is 1. The number of hydrogen-bond donors (Lipinski definition) is 2. The highest BCUT2D eigenvalue weighted by atomic mass is 19.4. The van der Waals surface area contributed by atoms with Gasteiger partial charge in [-0.05, 0) is 25.1 Å². The topological polar surface area (TPSA) is 80.3 Å². The molecule has 3 aromatic rings. The Morgan fingerprint density at radius 3 is 2.74 bits per heavy atom. The van der Waals surface area contributed by atoms with E-state index in [-0.39, 0.29) is 12.2 Å². The Morgan fingerprint density at radius 1 is 1.26 bits per heavy atom. The monoisotopic (exact) mass is 381 g/mol. The molecule has 2 N–H and O–H groups in total. The lowest BCUT2D eigenvalue weighted by atomic mass is 10.1. The smallest absolute Gasteiger partial charge is 0.422 e.